The summed E-state index contributed by atoms with van der Waals surface area (Å²) in [6.45, 7) is 11.3. The zero-order valence-electron chi connectivity index (χ0n) is 34.3. The Kier molecular flexibility index (Phi) is 11.7. The van der Waals surface area contributed by atoms with Crippen molar-refractivity contribution in [3.05, 3.63) is 264 Å². The average Bonchev–Trinajstić information content (AvgIpc) is 3.61. The van der Waals surface area contributed by atoms with E-state index >= 15 is 0 Å². The highest BCUT2D eigenvalue weighted by Crippen LogP contribution is 2.60. The fourth-order valence-electron chi connectivity index (χ4n) is 8.96. The van der Waals surface area contributed by atoms with Crippen molar-refractivity contribution >= 4 is 23.0 Å². The van der Waals surface area contributed by atoms with Gasteiger partial charge in [0.1, 0.15) is 0 Å². The predicted octanol–water partition coefficient (Wildman–Crippen LogP) is 14.7. The van der Waals surface area contributed by atoms with Gasteiger partial charge < -0.3 is 9.80 Å². The largest absolute Gasteiger partial charge is 0.351 e. The minimum absolute atomic E-state index is 0.623. The molecule has 1 spiro atoms. The zero-order valence-corrected chi connectivity index (χ0v) is 34.3. The highest BCUT2D eigenvalue weighted by atomic mass is 15.2. The Morgan fingerprint density at radius 1 is 0.763 bits per heavy atom. The molecule has 0 aromatic heterocycles. The summed E-state index contributed by atoms with van der Waals surface area (Å²) in [7, 11) is 2.16. The summed E-state index contributed by atoms with van der Waals surface area (Å²) in [6.07, 6.45) is 30.7. The van der Waals surface area contributed by atoms with Crippen LogP contribution in [-0.2, 0) is 5.41 Å². The molecule has 0 aliphatic heterocycles. The van der Waals surface area contributed by atoms with E-state index in [2.05, 4.69) is 231 Å². The van der Waals surface area contributed by atoms with Crippen LogP contribution in [0.2, 0.25) is 0 Å². The molecule has 3 aliphatic rings. The van der Waals surface area contributed by atoms with Crippen LogP contribution in [-0.4, -0.2) is 7.05 Å². The Morgan fingerprint density at radius 3 is 2.24 bits per heavy atom. The van der Waals surface area contributed by atoms with Crippen LogP contribution in [0, 0.1) is 0 Å². The van der Waals surface area contributed by atoms with Gasteiger partial charge in [-0.05, 0) is 112 Å². The molecule has 0 saturated heterocycles. The minimum atomic E-state index is -0.623. The summed E-state index contributed by atoms with van der Waals surface area (Å²) < 4.78 is 0. The summed E-state index contributed by atoms with van der Waals surface area (Å²) in [5.41, 5.74) is 16.0. The lowest BCUT2D eigenvalue weighted by molar-refractivity contribution is 0.741. The van der Waals surface area contributed by atoms with Gasteiger partial charge in [-0.2, -0.15) is 0 Å². The van der Waals surface area contributed by atoms with Gasteiger partial charge in [0.05, 0.1) is 5.41 Å². The molecular formula is C57H52N2. The molecular weight excluding hydrogens is 713 g/mol. The number of allylic oxidation sites excluding steroid dienone is 14. The molecule has 0 radical (unpaired) electrons. The highest BCUT2D eigenvalue weighted by molar-refractivity contribution is 5.95. The summed E-state index contributed by atoms with van der Waals surface area (Å²) >= 11 is 0. The van der Waals surface area contributed by atoms with Crippen molar-refractivity contribution in [3.63, 3.8) is 0 Å². The summed E-state index contributed by atoms with van der Waals surface area (Å²) in [4.78, 5) is 4.69. The lowest BCUT2D eigenvalue weighted by Crippen LogP contribution is -2.31. The molecule has 1 unspecified atom stereocenters. The van der Waals surface area contributed by atoms with E-state index < -0.39 is 5.41 Å². The maximum Gasteiger partial charge on any atom is 0.0711 e. The van der Waals surface area contributed by atoms with Gasteiger partial charge in [-0.3, -0.25) is 0 Å². The number of para-hydroxylation sites is 1. The van der Waals surface area contributed by atoms with Crippen molar-refractivity contribution < 1.29 is 0 Å². The zero-order chi connectivity index (χ0) is 40.6. The van der Waals surface area contributed by atoms with Crippen LogP contribution in [0.25, 0.3) is 22.8 Å². The van der Waals surface area contributed by atoms with Crippen molar-refractivity contribution in [2.24, 2.45) is 0 Å². The van der Waals surface area contributed by atoms with Crippen LogP contribution >= 0.6 is 0 Å². The molecule has 0 heterocycles. The molecule has 0 fully saturated rings. The Labute approximate surface area is 351 Å². The normalized spacial score (nSPS) is 18.5. The summed E-state index contributed by atoms with van der Waals surface area (Å²) in [6, 6.07) is 47.7. The maximum atomic E-state index is 5.12. The fraction of sp³-hybridized carbons (Fsp3) is 0.123. The number of benzene rings is 5. The van der Waals surface area contributed by atoms with E-state index in [1.165, 1.54) is 33.4 Å². The first kappa shape index (κ1) is 38.9. The molecule has 8 rings (SSSR count). The van der Waals surface area contributed by atoms with E-state index in [0.29, 0.717) is 0 Å². The quantitative estimate of drug-likeness (QED) is 0.124. The SMILES string of the molecule is C=C/C=C(\C=C/N(C)c1cccc2c1-c1ccccc1C21C(=C)/C=C(/N(C(=Cc2ccccc2)/C=C\CC)c2ccccc2)CC=CC2=C1C=CCC2)c1ccccc1. The predicted molar refractivity (Wildman–Crippen MR) is 254 cm³/mol. The van der Waals surface area contributed by atoms with Gasteiger partial charge in [0.25, 0.3) is 0 Å². The fourth-order valence-corrected chi connectivity index (χ4v) is 8.96. The molecule has 0 saturated carbocycles. The van der Waals surface area contributed by atoms with E-state index in [4.69, 9.17) is 6.58 Å². The lowest BCUT2D eigenvalue weighted by Gasteiger charge is -2.38. The summed E-state index contributed by atoms with van der Waals surface area (Å²) in [5, 5.41) is 0. The van der Waals surface area contributed by atoms with Gasteiger partial charge in [-0.15, -0.1) is 0 Å². The lowest BCUT2D eigenvalue weighted by atomic mass is 9.64. The van der Waals surface area contributed by atoms with Crippen molar-refractivity contribution in [1.82, 2.24) is 0 Å². The third-order valence-corrected chi connectivity index (χ3v) is 11.6. The number of rotatable bonds is 11. The molecule has 5 aromatic carbocycles. The monoisotopic (exact) mass is 764 g/mol. The molecule has 3 aliphatic carbocycles. The number of hydrogen-bond donors (Lipinski definition) is 0. The molecule has 2 heteroatoms. The molecule has 0 N–H and O–H groups in total. The third-order valence-electron chi connectivity index (χ3n) is 11.6. The topological polar surface area (TPSA) is 6.48 Å². The third kappa shape index (κ3) is 7.63. The van der Waals surface area contributed by atoms with Gasteiger partial charge in [-0.25, -0.2) is 0 Å². The van der Waals surface area contributed by atoms with Crippen molar-refractivity contribution in [2.75, 3.05) is 16.8 Å². The number of anilines is 2. The average molecular weight is 765 g/mol. The van der Waals surface area contributed by atoms with Gasteiger partial charge in [0, 0.05) is 48.0 Å². The van der Waals surface area contributed by atoms with Gasteiger partial charge in [-0.1, -0.05) is 178 Å². The number of hydrogen-bond acceptors (Lipinski definition) is 2. The first-order chi connectivity index (χ1) is 29.0. The standard InChI is InChI=1S/C57H52N2/c1-5-7-30-50(42-44-24-11-8-12-25-44)59(48-31-15-10-16-32-48)49-33-21-29-47-28-17-19-35-52(47)57(43(3)41-49)53-36-20-18-34-51(53)56-54(57)37-22-38-55(56)58(4)40-39-45(23-6-2)46-26-13-9-14-27-46/h6-16,18-27,29-32,34-42H,2-3,5,17,28,33H2,1,4H3/b29-21?,30-7-,40-39-,45-23+,49-41+,50-42?. The molecule has 290 valence electrons. The van der Waals surface area contributed by atoms with Gasteiger partial charge in [0.15, 0.2) is 0 Å². The van der Waals surface area contributed by atoms with Crippen molar-refractivity contribution in [1.29, 1.82) is 0 Å². The second-order valence-corrected chi connectivity index (χ2v) is 15.3. The summed E-state index contributed by atoms with van der Waals surface area (Å²) in [5.74, 6) is 0. The van der Waals surface area contributed by atoms with E-state index in [1.807, 2.05) is 6.08 Å². The smallest absolute Gasteiger partial charge is 0.0711 e. The van der Waals surface area contributed by atoms with Crippen LogP contribution in [0.5, 0.6) is 0 Å². The number of fused-ring (bicyclic) bond motifs is 6. The first-order valence-corrected chi connectivity index (χ1v) is 20.8. The highest BCUT2D eigenvalue weighted by Gasteiger charge is 2.49. The van der Waals surface area contributed by atoms with E-state index in [-0.39, 0.29) is 0 Å². The molecule has 59 heavy (non-hydrogen) atoms. The molecule has 2 nitrogen and oxygen atoms in total. The van der Waals surface area contributed by atoms with Crippen molar-refractivity contribution in [2.45, 2.75) is 38.0 Å². The first-order valence-electron chi connectivity index (χ1n) is 20.8. The number of nitrogens with zero attached hydrogens (tertiary/aromatic N) is 2. The Hall–Kier alpha value is -6.90. The van der Waals surface area contributed by atoms with E-state index in [1.54, 1.807) is 0 Å². The van der Waals surface area contributed by atoms with Crippen LogP contribution in [0.1, 0.15) is 54.9 Å². The van der Waals surface area contributed by atoms with Gasteiger partial charge >= 0.3 is 0 Å². The second kappa shape index (κ2) is 17.7. The molecule has 0 amide bonds. The van der Waals surface area contributed by atoms with Crippen LogP contribution in [0.4, 0.5) is 11.4 Å². The Morgan fingerprint density at radius 2 is 1.47 bits per heavy atom. The molecule has 1 atom stereocenters. The molecule has 5 aromatic rings. The second-order valence-electron chi connectivity index (χ2n) is 15.3. The minimum Gasteiger partial charge on any atom is -0.351 e. The van der Waals surface area contributed by atoms with Crippen LogP contribution < -0.4 is 9.80 Å². The van der Waals surface area contributed by atoms with E-state index in [9.17, 15) is 0 Å². The Balaban J connectivity index is 1.34. The molecule has 0 bridgehead atoms. The Bertz CT molecular complexity index is 2590. The van der Waals surface area contributed by atoms with Crippen molar-refractivity contribution in [3.8, 4) is 11.1 Å². The van der Waals surface area contributed by atoms with Crippen LogP contribution in [0.15, 0.2) is 242 Å². The maximum absolute atomic E-state index is 5.12. The van der Waals surface area contributed by atoms with Gasteiger partial charge in [0.2, 0.25) is 0 Å². The van der Waals surface area contributed by atoms with Crippen LogP contribution in [0.3, 0.4) is 0 Å². The van der Waals surface area contributed by atoms with E-state index in [0.717, 1.165) is 70.7 Å².